The average molecular weight is 307 g/mol. The van der Waals surface area contributed by atoms with E-state index >= 15 is 0 Å². The van der Waals surface area contributed by atoms with Crippen molar-refractivity contribution in [3.05, 3.63) is 30.1 Å². The van der Waals surface area contributed by atoms with Gasteiger partial charge in [-0.25, -0.2) is 4.79 Å². The second-order valence-electron chi connectivity index (χ2n) is 5.33. The molecule has 0 saturated heterocycles. The van der Waals surface area contributed by atoms with Gasteiger partial charge in [-0.3, -0.25) is 14.6 Å². The van der Waals surface area contributed by atoms with Crippen molar-refractivity contribution < 1.29 is 23.9 Å². The van der Waals surface area contributed by atoms with Crippen molar-refractivity contribution in [3.63, 3.8) is 0 Å². The maximum Gasteiger partial charge on any atom is 0.339 e. The summed E-state index contributed by atoms with van der Waals surface area (Å²) in [6, 6.07) is 3.23. The Bertz CT molecular complexity index is 513. The quantitative estimate of drug-likeness (QED) is 0.683. The number of hydrogen-bond acceptors (Lipinski definition) is 6. The van der Waals surface area contributed by atoms with Crippen LogP contribution in [0.15, 0.2) is 24.5 Å². The fourth-order valence-electron chi connectivity index (χ4n) is 1.68. The first-order valence-corrected chi connectivity index (χ1v) is 7.13. The Morgan fingerprint density at radius 3 is 2.41 bits per heavy atom. The smallest absolute Gasteiger partial charge is 0.339 e. The van der Waals surface area contributed by atoms with Crippen LogP contribution in [0.2, 0.25) is 0 Å². The molecule has 120 valence electrons. The summed E-state index contributed by atoms with van der Waals surface area (Å²) < 4.78 is 10.1. The van der Waals surface area contributed by atoms with Crippen molar-refractivity contribution in [2.45, 2.75) is 27.2 Å². The number of rotatable bonds is 8. The van der Waals surface area contributed by atoms with Crippen molar-refractivity contribution in [1.82, 2.24) is 4.98 Å². The maximum atomic E-state index is 11.9. The van der Waals surface area contributed by atoms with Crippen LogP contribution in [0.3, 0.4) is 0 Å². The number of ketones is 1. The van der Waals surface area contributed by atoms with E-state index in [1.165, 1.54) is 13.1 Å². The first-order valence-electron chi connectivity index (χ1n) is 7.13. The molecule has 1 heterocycles. The summed E-state index contributed by atoms with van der Waals surface area (Å²) >= 11 is 0. The summed E-state index contributed by atoms with van der Waals surface area (Å²) in [5, 5.41) is 0. The predicted molar refractivity (Wildman–Crippen MR) is 79.1 cm³/mol. The van der Waals surface area contributed by atoms with Crippen molar-refractivity contribution in [2.75, 3.05) is 13.2 Å². The van der Waals surface area contributed by atoms with Crippen LogP contribution in [0.1, 0.15) is 37.6 Å². The van der Waals surface area contributed by atoms with Crippen LogP contribution in [0.5, 0.6) is 0 Å². The Balaban J connectivity index is 2.57. The van der Waals surface area contributed by atoms with Gasteiger partial charge in [0.25, 0.3) is 0 Å². The lowest BCUT2D eigenvalue weighted by molar-refractivity contribution is -0.143. The Morgan fingerprint density at radius 2 is 1.86 bits per heavy atom. The highest BCUT2D eigenvalue weighted by atomic mass is 16.5. The van der Waals surface area contributed by atoms with E-state index in [1.54, 1.807) is 32.2 Å². The summed E-state index contributed by atoms with van der Waals surface area (Å²) in [4.78, 5) is 38.4. The number of hydrogen-bond donors (Lipinski definition) is 0. The molecule has 0 radical (unpaired) electrons. The largest absolute Gasteiger partial charge is 0.465 e. The van der Waals surface area contributed by atoms with Gasteiger partial charge in [0.2, 0.25) is 0 Å². The number of aromatic nitrogens is 1. The molecule has 1 rings (SSSR count). The molecule has 0 fully saturated rings. The highest BCUT2D eigenvalue weighted by Gasteiger charge is 2.20. The fourth-order valence-corrected chi connectivity index (χ4v) is 1.68. The van der Waals surface area contributed by atoms with E-state index in [4.69, 9.17) is 9.47 Å². The molecular formula is C16H21NO5. The zero-order valence-corrected chi connectivity index (χ0v) is 13.1. The lowest BCUT2D eigenvalue weighted by atomic mass is 9.97. The zero-order valence-electron chi connectivity index (χ0n) is 13.1. The Kier molecular flexibility index (Phi) is 7.22. The van der Waals surface area contributed by atoms with Gasteiger partial charge in [-0.1, -0.05) is 13.8 Å². The van der Waals surface area contributed by atoms with Gasteiger partial charge in [0.1, 0.15) is 5.78 Å². The van der Waals surface area contributed by atoms with Crippen LogP contribution in [0, 0.1) is 11.8 Å². The van der Waals surface area contributed by atoms with E-state index in [0.717, 1.165) is 0 Å². The van der Waals surface area contributed by atoms with E-state index < -0.39 is 11.9 Å². The molecule has 0 aliphatic rings. The third kappa shape index (κ3) is 6.47. The minimum Gasteiger partial charge on any atom is -0.465 e. The van der Waals surface area contributed by atoms with Gasteiger partial charge < -0.3 is 9.47 Å². The molecule has 0 aliphatic carbocycles. The van der Waals surface area contributed by atoms with Crippen molar-refractivity contribution in [1.29, 1.82) is 0 Å². The van der Waals surface area contributed by atoms with Crippen LogP contribution in [0.4, 0.5) is 0 Å². The topological polar surface area (TPSA) is 82.6 Å². The van der Waals surface area contributed by atoms with Gasteiger partial charge >= 0.3 is 11.9 Å². The number of nitrogens with zero attached hydrogens (tertiary/aromatic N) is 1. The lowest BCUT2D eigenvalue weighted by Crippen LogP contribution is -2.24. The third-order valence-corrected chi connectivity index (χ3v) is 3.00. The van der Waals surface area contributed by atoms with Gasteiger partial charge in [-0.15, -0.1) is 0 Å². The van der Waals surface area contributed by atoms with E-state index in [0.29, 0.717) is 5.56 Å². The molecule has 0 amide bonds. The van der Waals surface area contributed by atoms with Crippen molar-refractivity contribution >= 4 is 17.7 Å². The van der Waals surface area contributed by atoms with Crippen molar-refractivity contribution in [3.8, 4) is 0 Å². The highest BCUT2D eigenvalue weighted by Crippen LogP contribution is 2.12. The molecule has 22 heavy (non-hydrogen) atoms. The molecule has 1 unspecified atom stereocenters. The number of Topliss-reactive ketones (excluding diaryl/α,β-unsaturated/α-hetero) is 1. The number of esters is 2. The number of ether oxygens (including phenoxy) is 2. The van der Waals surface area contributed by atoms with Gasteiger partial charge in [-0.05, 0) is 12.1 Å². The van der Waals surface area contributed by atoms with E-state index in [-0.39, 0.29) is 37.3 Å². The Hall–Kier alpha value is -2.24. The number of carbonyl (C=O) groups is 3. The zero-order chi connectivity index (χ0) is 16.5. The maximum absolute atomic E-state index is 11.9. The molecule has 1 aromatic rings. The predicted octanol–water partition coefficient (Wildman–Crippen LogP) is 2.03. The first-order chi connectivity index (χ1) is 10.4. The summed E-state index contributed by atoms with van der Waals surface area (Å²) in [5.74, 6) is -1.37. The monoisotopic (exact) mass is 307 g/mol. The minimum atomic E-state index is -0.516. The Labute approximate surface area is 129 Å². The molecule has 0 N–H and O–H groups in total. The van der Waals surface area contributed by atoms with Gasteiger partial charge in [0.15, 0.2) is 0 Å². The highest BCUT2D eigenvalue weighted by molar-refractivity contribution is 5.89. The fraction of sp³-hybridized carbons (Fsp3) is 0.500. The molecular weight excluding hydrogens is 286 g/mol. The van der Waals surface area contributed by atoms with Gasteiger partial charge in [-0.2, -0.15) is 0 Å². The van der Waals surface area contributed by atoms with Crippen LogP contribution >= 0.6 is 0 Å². The molecule has 1 atom stereocenters. The number of carbonyl (C=O) groups excluding carboxylic acids is 3. The van der Waals surface area contributed by atoms with Gasteiger partial charge in [0.05, 0.1) is 18.8 Å². The van der Waals surface area contributed by atoms with Crippen LogP contribution in [-0.2, 0) is 19.1 Å². The number of pyridine rings is 1. The normalized spacial score (nSPS) is 11.8. The lowest BCUT2D eigenvalue weighted by Gasteiger charge is -2.17. The average Bonchev–Trinajstić information content (AvgIpc) is 2.50. The molecule has 1 aromatic heterocycles. The summed E-state index contributed by atoms with van der Waals surface area (Å²) in [6.07, 6.45) is 3.16. The van der Waals surface area contributed by atoms with E-state index in [9.17, 15) is 14.4 Å². The van der Waals surface area contributed by atoms with Crippen LogP contribution in [0.25, 0.3) is 0 Å². The molecule has 0 aromatic carbocycles. The molecule has 0 bridgehead atoms. The SMILES string of the molecule is CC(=O)OCC(COC(=O)c1cccnc1)CC(=O)C(C)C. The van der Waals surface area contributed by atoms with Crippen LogP contribution < -0.4 is 0 Å². The standard InChI is InChI=1S/C16H21NO5/c1-11(2)15(19)7-13(9-21-12(3)18)10-22-16(20)14-5-4-6-17-8-14/h4-6,8,11,13H,7,9-10H2,1-3H3. The summed E-state index contributed by atoms with van der Waals surface area (Å²) in [6.45, 7) is 4.95. The van der Waals surface area contributed by atoms with Crippen LogP contribution in [-0.4, -0.2) is 35.9 Å². The Morgan fingerprint density at radius 1 is 1.18 bits per heavy atom. The van der Waals surface area contributed by atoms with E-state index in [1.807, 2.05) is 0 Å². The summed E-state index contributed by atoms with van der Waals surface area (Å²) in [5.41, 5.74) is 0.337. The minimum absolute atomic E-state index is 0.0134. The van der Waals surface area contributed by atoms with Crippen molar-refractivity contribution in [2.24, 2.45) is 11.8 Å². The summed E-state index contributed by atoms with van der Waals surface area (Å²) in [7, 11) is 0. The molecule has 0 saturated carbocycles. The van der Waals surface area contributed by atoms with E-state index in [2.05, 4.69) is 4.98 Å². The van der Waals surface area contributed by atoms with Gasteiger partial charge in [0, 0.05) is 37.6 Å². The third-order valence-electron chi connectivity index (χ3n) is 3.00. The second-order valence-corrected chi connectivity index (χ2v) is 5.33. The molecule has 0 spiro atoms. The molecule has 6 heteroatoms. The second kappa shape index (κ2) is 8.92. The molecule has 0 aliphatic heterocycles. The first kappa shape index (κ1) is 17.8. The molecule has 6 nitrogen and oxygen atoms in total.